The van der Waals surface area contributed by atoms with Crippen LogP contribution in [0.25, 0.3) is 0 Å². The highest BCUT2D eigenvalue weighted by Gasteiger charge is 2.48. The van der Waals surface area contributed by atoms with Gasteiger partial charge in [0.1, 0.15) is 16.9 Å². The monoisotopic (exact) mass is 551 g/mol. The molecule has 0 heterocycles. The minimum absolute atomic E-state index is 0.0886. The van der Waals surface area contributed by atoms with E-state index in [1.807, 2.05) is 32.0 Å². The normalized spacial score (nSPS) is 14.7. The number of carbonyl (C=O) groups excluding carboxylic acids is 3. The van der Waals surface area contributed by atoms with Gasteiger partial charge in [-0.15, -0.1) is 0 Å². The van der Waals surface area contributed by atoms with Crippen molar-refractivity contribution in [2.24, 2.45) is 0 Å². The Morgan fingerprint density at radius 2 is 1.60 bits per heavy atom. The van der Waals surface area contributed by atoms with Gasteiger partial charge in [0.25, 0.3) is 0 Å². The van der Waals surface area contributed by atoms with Gasteiger partial charge in [0.05, 0.1) is 0 Å². The molecule has 0 spiro atoms. The molecule has 0 aromatic heterocycles. The number of hydrazine groups is 1. The van der Waals surface area contributed by atoms with Crippen LogP contribution in [0, 0.1) is 13.8 Å². The summed E-state index contributed by atoms with van der Waals surface area (Å²) in [5.74, 6) is -0.413. The summed E-state index contributed by atoms with van der Waals surface area (Å²) in [6, 6.07) is 13.5. The van der Waals surface area contributed by atoms with Gasteiger partial charge in [0.15, 0.2) is 0 Å². The van der Waals surface area contributed by atoms with Gasteiger partial charge in [-0.05, 0) is 101 Å². The van der Waals surface area contributed by atoms with E-state index in [-0.39, 0.29) is 24.0 Å². The van der Waals surface area contributed by atoms with E-state index < -0.39 is 17.2 Å². The van der Waals surface area contributed by atoms with Crippen LogP contribution in [0.3, 0.4) is 0 Å². The van der Waals surface area contributed by atoms with E-state index in [1.165, 1.54) is 10.6 Å². The zero-order chi connectivity index (χ0) is 29.3. The Hall–Kier alpha value is -3.55. The number of aromatic hydroxyl groups is 1. The Morgan fingerprint density at radius 3 is 2.20 bits per heavy atom. The SMILES string of the molecule is Cc1cc(O)cc(C)c1CCC(=O)N(NC(=O)OC(C)(C)C)C1(C(=O)NCCCc2ccccc2)CCCCC1. The Labute approximate surface area is 238 Å². The van der Waals surface area contributed by atoms with Gasteiger partial charge < -0.3 is 15.2 Å². The van der Waals surface area contributed by atoms with E-state index in [2.05, 4.69) is 22.9 Å². The van der Waals surface area contributed by atoms with Crippen molar-refractivity contribution in [2.45, 2.75) is 104 Å². The summed E-state index contributed by atoms with van der Waals surface area (Å²) >= 11 is 0. The number of hydrogen-bond donors (Lipinski definition) is 3. The first kappa shape index (κ1) is 31.0. The van der Waals surface area contributed by atoms with Gasteiger partial charge in [-0.2, -0.15) is 0 Å². The largest absolute Gasteiger partial charge is 0.508 e. The smallest absolute Gasteiger partial charge is 0.426 e. The lowest BCUT2D eigenvalue weighted by molar-refractivity contribution is -0.155. The standard InChI is InChI=1S/C32H45N3O5/c1-23-21-26(36)22-24(2)27(23)16-17-28(37)35(34-30(39)40-31(3,4)5)32(18-10-7-11-19-32)29(38)33-20-12-15-25-13-8-6-9-14-25/h6,8-9,13-14,21-22,36H,7,10-12,15-20H2,1-5H3,(H,33,38)(H,34,39). The van der Waals surface area contributed by atoms with Crippen LogP contribution in [0.5, 0.6) is 5.75 Å². The Bertz CT molecular complexity index is 1140. The average Bonchev–Trinajstić information content (AvgIpc) is 2.89. The fourth-order valence-electron chi connectivity index (χ4n) is 5.50. The lowest BCUT2D eigenvalue weighted by atomic mass is 9.79. The first-order valence-corrected chi connectivity index (χ1v) is 14.4. The number of amides is 3. The quantitative estimate of drug-likeness (QED) is 0.275. The number of ether oxygens (including phenoxy) is 1. The first-order valence-electron chi connectivity index (χ1n) is 14.4. The maximum absolute atomic E-state index is 13.9. The van der Waals surface area contributed by atoms with E-state index >= 15 is 0 Å². The molecule has 1 aliphatic rings. The molecule has 0 radical (unpaired) electrons. The highest BCUT2D eigenvalue weighted by atomic mass is 16.6. The molecule has 2 aromatic carbocycles. The fraction of sp³-hybridized carbons (Fsp3) is 0.531. The summed E-state index contributed by atoms with van der Waals surface area (Å²) in [5.41, 5.74) is 4.66. The Balaban J connectivity index is 1.81. The predicted molar refractivity (Wildman–Crippen MR) is 156 cm³/mol. The molecule has 0 bridgehead atoms. The van der Waals surface area contributed by atoms with E-state index in [0.717, 1.165) is 48.8 Å². The molecule has 0 atom stereocenters. The zero-order valence-corrected chi connectivity index (χ0v) is 24.6. The van der Waals surface area contributed by atoms with Gasteiger partial charge in [-0.3, -0.25) is 9.59 Å². The van der Waals surface area contributed by atoms with Crippen LogP contribution in [0.1, 0.15) is 88.0 Å². The molecule has 3 amide bonds. The van der Waals surface area contributed by atoms with Crippen LogP contribution in [-0.4, -0.2) is 45.7 Å². The van der Waals surface area contributed by atoms with E-state index in [0.29, 0.717) is 25.8 Å². The molecular formula is C32H45N3O5. The molecule has 1 saturated carbocycles. The molecule has 40 heavy (non-hydrogen) atoms. The molecule has 218 valence electrons. The van der Waals surface area contributed by atoms with Crippen LogP contribution >= 0.6 is 0 Å². The number of phenolic OH excluding ortho intramolecular Hbond substituents is 1. The maximum Gasteiger partial charge on any atom is 0.426 e. The number of nitrogens with zero attached hydrogens (tertiary/aromatic N) is 1. The molecule has 0 aliphatic heterocycles. The third kappa shape index (κ3) is 8.47. The van der Waals surface area contributed by atoms with Crippen molar-refractivity contribution < 1.29 is 24.2 Å². The van der Waals surface area contributed by atoms with Crippen molar-refractivity contribution in [2.75, 3.05) is 6.54 Å². The molecule has 1 fully saturated rings. The second-order valence-corrected chi connectivity index (χ2v) is 11.8. The number of benzene rings is 2. The lowest BCUT2D eigenvalue weighted by Gasteiger charge is -2.44. The van der Waals surface area contributed by atoms with Crippen molar-refractivity contribution in [1.29, 1.82) is 0 Å². The second kappa shape index (κ2) is 13.7. The number of hydrogen-bond acceptors (Lipinski definition) is 5. The first-order chi connectivity index (χ1) is 18.9. The van der Waals surface area contributed by atoms with Gasteiger partial charge in [-0.1, -0.05) is 49.6 Å². The molecule has 0 unspecified atom stereocenters. The van der Waals surface area contributed by atoms with Crippen LogP contribution in [0.2, 0.25) is 0 Å². The minimum atomic E-state index is -1.20. The van der Waals surface area contributed by atoms with Gasteiger partial charge in [-0.25, -0.2) is 15.2 Å². The number of phenols is 1. The lowest BCUT2D eigenvalue weighted by Crippen LogP contribution is -2.67. The summed E-state index contributed by atoms with van der Waals surface area (Å²) in [6.07, 6.45) is 4.75. The molecule has 3 N–H and O–H groups in total. The zero-order valence-electron chi connectivity index (χ0n) is 24.6. The predicted octanol–water partition coefficient (Wildman–Crippen LogP) is 5.66. The van der Waals surface area contributed by atoms with Crippen molar-refractivity contribution in [1.82, 2.24) is 15.8 Å². The highest BCUT2D eigenvalue weighted by molar-refractivity contribution is 5.92. The Kier molecular flexibility index (Phi) is 10.6. The van der Waals surface area contributed by atoms with Gasteiger partial charge in [0.2, 0.25) is 11.8 Å². The molecule has 0 saturated heterocycles. The van der Waals surface area contributed by atoms with Crippen molar-refractivity contribution in [3.05, 3.63) is 64.7 Å². The second-order valence-electron chi connectivity index (χ2n) is 11.8. The van der Waals surface area contributed by atoms with Crippen molar-refractivity contribution in [3.8, 4) is 5.75 Å². The van der Waals surface area contributed by atoms with Gasteiger partial charge >= 0.3 is 6.09 Å². The molecule has 8 heteroatoms. The molecule has 8 nitrogen and oxygen atoms in total. The summed E-state index contributed by atoms with van der Waals surface area (Å²) in [4.78, 5) is 40.6. The average molecular weight is 552 g/mol. The molecular weight excluding hydrogens is 506 g/mol. The Morgan fingerprint density at radius 1 is 0.975 bits per heavy atom. The molecule has 1 aliphatic carbocycles. The minimum Gasteiger partial charge on any atom is -0.508 e. The highest BCUT2D eigenvalue weighted by Crippen LogP contribution is 2.34. The molecule has 3 rings (SSSR count). The molecule has 2 aromatic rings. The fourth-order valence-corrected chi connectivity index (χ4v) is 5.50. The van der Waals surface area contributed by atoms with Gasteiger partial charge in [0, 0.05) is 13.0 Å². The summed E-state index contributed by atoms with van der Waals surface area (Å²) in [7, 11) is 0. The van der Waals surface area contributed by atoms with Crippen LogP contribution in [0.15, 0.2) is 42.5 Å². The number of nitrogens with one attached hydrogen (secondary N) is 2. The van der Waals surface area contributed by atoms with Crippen molar-refractivity contribution >= 4 is 17.9 Å². The van der Waals surface area contributed by atoms with E-state index in [4.69, 9.17) is 4.74 Å². The number of carbonyl (C=O) groups is 3. The third-order valence-corrected chi connectivity index (χ3v) is 7.42. The van der Waals surface area contributed by atoms with Crippen LogP contribution < -0.4 is 10.7 Å². The number of rotatable bonds is 9. The van der Waals surface area contributed by atoms with E-state index in [9.17, 15) is 19.5 Å². The van der Waals surface area contributed by atoms with Crippen molar-refractivity contribution in [3.63, 3.8) is 0 Å². The van der Waals surface area contributed by atoms with Crippen LogP contribution in [-0.2, 0) is 27.2 Å². The topological polar surface area (TPSA) is 108 Å². The maximum atomic E-state index is 13.9. The summed E-state index contributed by atoms with van der Waals surface area (Å²) < 4.78 is 5.49. The number of aryl methyl sites for hydroxylation is 3. The van der Waals surface area contributed by atoms with Crippen LogP contribution in [0.4, 0.5) is 4.79 Å². The van der Waals surface area contributed by atoms with E-state index in [1.54, 1.807) is 32.9 Å². The summed E-state index contributed by atoms with van der Waals surface area (Å²) in [6.45, 7) is 9.53. The summed E-state index contributed by atoms with van der Waals surface area (Å²) in [5, 5.41) is 14.2. The third-order valence-electron chi connectivity index (χ3n) is 7.42.